The smallest absolute Gasteiger partial charge is 0.295 e. The molecule has 0 unspecified atom stereocenters. The number of aliphatic imine (C=N–C) groups is 1. The fourth-order valence-corrected chi connectivity index (χ4v) is 2.82. The fraction of sp³-hybridized carbons (Fsp3) is 0.333. The molecule has 2 N–H and O–H groups in total. The number of hydrogen-bond donors (Lipinski definition) is 2. The summed E-state index contributed by atoms with van der Waals surface area (Å²) < 4.78 is 0. The molecule has 5 heteroatoms. The lowest BCUT2D eigenvalue weighted by Gasteiger charge is -2.21. The van der Waals surface area contributed by atoms with Gasteiger partial charge in [0.1, 0.15) is 5.71 Å². The van der Waals surface area contributed by atoms with Crippen LogP contribution in [0, 0.1) is 0 Å². The predicted octanol–water partition coefficient (Wildman–Crippen LogP) is 2.44. The average molecular weight is 311 g/mol. The van der Waals surface area contributed by atoms with Gasteiger partial charge < -0.3 is 5.32 Å². The van der Waals surface area contributed by atoms with Crippen molar-refractivity contribution in [3.63, 3.8) is 0 Å². The number of nitrogens with one attached hydrogen (secondary N) is 1. The number of benzene rings is 1. The molecule has 1 aromatic rings. The molecule has 0 radical (unpaired) electrons. The molecule has 0 fully saturated rings. The third-order valence-corrected chi connectivity index (χ3v) is 4.06. The maximum atomic E-state index is 12.4. The quantitative estimate of drug-likeness (QED) is 0.663. The molecule has 0 spiro atoms. The van der Waals surface area contributed by atoms with Crippen LogP contribution >= 0.6 is 0 Å². The molecule has 23 heavy (non-hydrogen) atoms. The Labute approximate surface area is 136 Å². The Morgan fingerprint density at radius 1 is 1.22 bits per heavy atom. The van der Waals surface area contributed by atoms with Gasteiger partial charge in [-0.3, -0.25) is 15.0 Å². The van der Waals surface area contributed by atoms with Gasteiger partial charge in [-0.25, -0.2) is 5.06 Å². The second-order valence-electron chi connectivity index (χ2n) is 5.76. The molecule has 0 saturated carbocycles. The van der Waals surface area contributed by atoms with Crippen LogP contribution in [0.4, 0.5) is 0 Å². The van der Waals surface area contributed by atoms with Crippen LogP contribution in [0.15, 0.2) is 58.7 Å². The second kappa shape index (κ2) is 7.24. The van der Waals surface area contributed by atoms with Crippen molar-refractivity contribution < 1.29 is 10.0 Å². The van der Waals surface area contributed by atoms with Gasteiger partial charge >= 0.3 is 0 Å². The molecular formula is C18H21N3O2. The molecule has 2 aliphatic rings. The Morgan fingerprint density at radius 2 is 2.04 bits per heavy atom. The Hall–Kier alpha value is -2.40. The Morgan fingerprint density at radius 3 is 2.78 bits per heavy atom. The first kappa shape index (κ1) is 15.5. The maximum Gasteiger partial charge on any atom is 0.295 e. The van der Waals surface area contributed by atoms with Crippen molar-refractivity contribution in [2.45, 2.75) is 25.8 Å². The van der Waals surface area contributed by atoms with Crippen LogP contribution in [0.1, 0.15) is 24.8 Å². The largest absolute Gasteiger partial charge is 0.391 e. The molecule has 2 heterocycles. The number of carbonyl (C=O) groups is 1. The van der Waals surface area contributed by atoms with Crippen LogP contribution in [-0.4, -0.2) is 35.0 Å². The number of allylic oxidation sites excluding steroid dienone is 1. The van der Waals surface area contributed by atoms with Crippen molar-refractivity contribution in [1.29, 1.82) is 0 Å². The Bertz CT molecular complexity index is 662. The zero-order chi connectivity index (χ0) is 16.1. The summed E-state index contributed by atoms with van der Waals surface area (Å²) in [6.07, 6.45) is 6.81. The van der Waals surface area contributed by atoms with Crippen molar-refractivity contribution in [2.24, 2.45) is 4.99 Å². The van der Waals surface area contributed by atoms with E-state index in [1.807, 2.05) is 42.6 Å². The topological polar surface area (TPSA) is 64.9 Å². The van der Waals surface area contributed by atoms with Gasteiger partial charge in [0, 0.05) is 13.1 Å². The van der Waals surface area contributed by atoms with Crippen LogP contribution in [0.3, 0.4) is 0 Å². The van der Waals surface area contributed by atoms with Crippen molar-refractivity contribution in [3.8, 4) is 0 Å². The molecule has 1 aromatic carbocycles. The molecule has 3 rings (SSSR count). The average Bonchev–Trinajstić information content (AvgIpc) is 2.63. The van der Waals surface area contributed by atoms with E-state index in [0.717, 1.165) is 42.0 Å². The summed E-state index contributed by atoms with van der Waals surface area (Å²) in [5.74, 6) is -0.449. The van der Waals surface area contributed by atoms with Crippen LogP contribution in [0.5, 0.6) is 0 Å². The predicted molar refractivity (Wildman–Crippen MR) is 89.1 cm³/mol. The van der Waals surface area contributed by atoms with E-state index < -0.39 is 5.91 Å². The number of nitrogens with zero attached hydrogens (tertiary/aromatic N) is 2. The lowest BCUT2D eigenvalue weighted by Crippen LogP contribution is -2.34. The number of carbonyl (C=O) groups excluding carboxylic acids is 1. The molecule has 5 nitrogen and oxygen atoms in total. The minimum absolute atomic E-state index is 0.159. The van der Waals surface area contributed by atoms with E-state index in [-0.39, 0.29) is 6.54 Å². The molecule has 0 aromatic heterocycles. The summed E-state index contributed by atoms with van der Waals surface area (Å²) in [5, 5.41) is 14.0. The summed E-state index contributed by atoms with van der Waals surface area (Å²) in [6, 6.07) is 9.41. The summed E-state index contributed by atoms with van der Waals surface area (Å²) >= 11 is 0. The van der Waals surface area contributed by atoms with Crippen LogP contribution in [-0.2, 0) is 11.3 Å². The third kappa shape index (κ3) is 3.87. The molecule has 0 saturated heterocycles. The van der Waals surface area contributed by atoms with E-state index in [2.05, 4.69) is 10.3 Å². The SMILES string of the molecule is O=C(C1=NCCC(C2=CNCCC2)=C1)N(O)Cc1ccccc1. The van der Waals surface area contributed by atoms with E-state index in [9.17, 15) is 10.0 Å². The van der Waals surface area contributed by atoms with Crippen molar-refractivity contribution >= 4 is 11.6 Å². The zero-order valence-corrected chi connectivity index (χ0v) is 13.0. The van der Waals surface area contributed by atoms with Crippen molar-refractivity contribution in [3.05, 3.63) is 59.3 Å². The van der Waals surface area contributed by atoms with E-state index in [0.29, 0.717) is 12.3 Å². The van der Waals surface area contributed by atoms with E-state index in [1.165, 1.54) is 5.57 Å². The van der Waals surface area contributed by atoms with Gasteiger partial charge in [0.05, 0.1) is 6.54 Å². The van der Waals surface area contributed by atoms with Crippen LogP contribution in [0.2, 0.25) is 0 Å². The Balaban J connectivity index is 1.70. The van der Waals surface area contributed by atoms with E-state index in [4.69, 9.17) is 0 Å². The minimum Gasteiger partial charge on any atom is -0.391 e. The van der Waals surface area contributed by atoms with Gasteiger partial charge in [-0.05, 0) is 48.2 Å². The van der Waals surface area contributed by atoms with Gasteiger partial charge in [0.2, 0.25) is 0 Å². The lowest BCUT2D eigenvalue weighted by atomic mass is 9.94. The van der Waals surface area contributed by atoms with Gasteiger partial charge in [0.15, 0.2) is 0 Å². The highest BCUT2D eigenvalue weighted by atomic mass is 16.5. The van der Waals surface area contributed by atoms with Gasteiger partial charge in [-0.2, -0.15) is 0 Å². The number of amides is 1. The second-order valence-corrected chi connectivity index (χ2v) is 5.76. The van der Waals surface area contributed by atoms with Crippen LogP contribution < -0.4 is 5.32 Å². The molecular weight excluding hydrogens is 290 g/mol. The van der Waals surface area contributed by atoms with Crippen LogP contribution in [0.25, 0.3) is 0 Å². The lowest BCUT2D eigenvalue weighted by molar-refractivity contribution is -0.159. The van der Waals surface area contributed by atoms with Gasteiger partial charge in [-0.1, -0.05) is 30.3 Å². The van der Waals surface area contributed by atoms with E-state index >= 15 is 0 Å². The van der Waals surface area contributed by atoms with E-state index in [1.54, 1.807) is 0 Å². The van der Waals surface area contributed by atoms with Gasteiger partial charge in [0.25, 0.3) is 5.91 Å². The molecule has 2 aliphatic heterocycles. The standard InChI is InChI=1S/C18H21N3O2/c22-18(21(23)13-14-5-2-1-3-6-14)17-11-15(8-10-20-17)16-7-4-9-19-12-16/h1-3,5-6,11-12,19,23H,4,7-10,13H2. The number of rotatable bonds is 4. The summed E-state index contributed by atoms with van der Waals surface area (Å²) in [4.78, 5) is 16.7. The zero-order valence-electron chi connectivity index (χ0n) is 13.0. The first-order valence-corrected chi connectivity index (χ1v) is 7.96. The molecule has 120 valence electrons. The first-order chi connectivity index (χ1) is 11.2. The third-order valence-electron chi connectivity index (χ3n) is 4.06. The highest BCUT2D eigenvalue weighted by Gasteiger charge is 2.21. The molecule has 0 atom stereocenters. The molecule has 1 amide bonds. The highest BCUT2D eigenvalue weighted by Crippen LogP contribution is 2.23. The minimum atomic E-state index is -0.449. The van der Waals surface area contributed by atoms with Gasteiger partial charge in [-0.15, -0.1) is 0 Å². The summed E-state index contributed by atoms with van der Waals surface area (Å²) in [6.45, 7) is 1.74. The van der Waals surface area contributed by atoms with Crippen molar-refractivity contribution in [1.82, 2.24) is 10.4 Å². The summed E-state index contributed by atoms with van der Waals surface area (Å²) in [5.41, 5.74) is 3.59. The number of hydrogen-bond acceptors (Lipinski definition) is 4. The fourth-order valence-electron chi connectivity index (χ4n) is 2.82. The first-order valence-electron chi connectivity index (χ1n) is 7.96. The number of dihydropyridines is 1. The highest BCUT2D eigenvalue weighted by molar-refractivity contribution is 6.43. The molecule has 0 bridgehead atoms. The normalized spacial score (nSPS) is 17.5. The Kier molecular flexibility index (Phi) is 4.88. The molecule has 0 aliphatic carbocycles. The number of hydroxylamine groups is 2. The maximum absolute atomic E-state index is 12.4. The van der Waals surface area contributed by atoms with Crippen molar-refractivity contribution in [2.75, 3.05) is 13.1 Å². The summed E-state index contributed by atoms with van der Waals surface area (Å²) in [7, 11) is 0. The monoisotopic (exact) mass is 311 g/mol.